The van der Waals surface area contributed by atoms with Crippen LogP contribution in [0.1, 0.15) is 44.7 Å². The third-order valence-corrected chi connectivity index (χ3v) is 3.42. The minimum absolute atomic E-state index is 0.527. The quantitative estimate of drug-likeness (QED) is 0.608. The maximum atomic E-state index is 5.72. The average Bonchev–Trinajstić information content (AvgIpc) is 2.24. The summed E-state index contributed by atoms with van der Waals surface area (Å²) in [6.07, 6.45) is 9.24. The van der Waals surface area contributed by atoms with Crippen molar-refractivity contribution in [2.75, 3.05) is 5.73 Å². The van der Waals surface area contributed by atoms with Gasteiger partial charge in [-0.15, -0.1) is 0 Å². The van der Waals surface area contributed by atoms with E-state index in [4.69, 9.17) is 5.73 Å². The van der Waals surface area contributed by atoms with Gasteiger partial charge in [0, 0.05) is 28.8 Å². The fraction of sp³-hybridized carbons (Fsp3) is 0.615. The first kappa shape index (κ1) is 13.5. The predicted molar refractivity (Wildman–Crippen MR) is 73.8 cm³/mol. The summed E-state index contributed by atoms with van der Waals surface area (Å²) < 4.78 is 0. The number of hydrogen-bond acceptors (Lipinski definition) is 2. The van der Waals surface area contributed by atoms with Gasteiger partial charge in [0.05, 0.1) is 0 Å². The van der Waals surface area contributed by atoms with Crippen LogP contribution in [0.2, 0.25) is 0 Å². The molecule has 0 radical (unpaired) electrons. The fourth-order valence-corrected chi connectivity index (χ4v) is 2.39. The van der Waals surface area contributed by atoms with Crippen LogP contribution in [0.4, 0.5) is 5.69 Å². The van der Waals surface area contributed by atoms with Gasteiger partial charge in [0.15, 0.2) is 0 Å². The molecule has 0 saturated heterocycles. The lowest BCUT2D eigenvalue weighted by Gasteiger charge is -2.09. The van der Waals surface area contributed by atoms with Gasteiger partial charge in [-0.3, -0.25) is 4.98 Å². The second kappa shape index (κ2) is 7.66. The van der Waals surface area contributed by atoms with E-state index < -0.39 is 0 Å². The lowest BCUT2D eigenvalue weighted by Crippen LogP contribution is -2.04. The van der Waals surface area contributed by atoms with E-state index in [2.05, 4.69) is 27.8 Å². The minimum Gasteiger partial charge on any atom is -0.399 e. The van der Waals surface area contributed by atoms with Gasteiger partial charge in [0.1, 0.15) is 0 Å². The molecule has 0 unspecified atom stereocenters. The Labute approximate surface area is 107 Å². The molecule has 0 amide bonds. The maximum Gasteiger partial charge on any atom is 0.0435 e. The van der Waals surface area contributed by atoms with Crippen molar-refractivity contribution in [1.29, 1.82) is 0 Å². The van der Waals surface area contributed by atoms with Gasteiger partial charge in [-0.05, 0) is 18.6 Å². The molecule has 1 aromatic heterocycles. The van der Waals surface area contributed by atoms with Crippen molar-refractivity contribution in [3.8, 4) is 0 Å². The highest BCUT2D eigenvalue weighted by Gasteiger charge is 2.06. The van der Waals surface area contributed by atoms with Crippen LogP contribution in [0.15, 0.2) is 18.3 Å². The molecule has 1 aromatic rings. The van der Waals surface area contributed by atoms with Crippen LogP contribution in [0.3, 0.4) is 0 Å². The zero-order chi connectivity index (χ0) is 11.8. The van der Waals surface area contributed by atoms with E-state index in [9.17, 15) is 0 Å². The van der Waals surface area contributed by atoms with Crippen molar-refractivity contribution in [3.63, 3.8) is 0 Å². The molecule has 0 saturated carbocycles. The number of alkyl halides is 1. The summed E-state index contributed by atoms with van der Waals surface area (Å²) in [5.74, 6) is 0. The van der Waals surface area contributed by atoms with Crippen LogP contribution < -0.4 is 5.73 Å². The van der Waals surface area contributed by atoms with Crippen LogP contribution in [-0.2, 0) is 6.42 Å². The van der Waals surface area contributed by atoms with Crippen molar-refractivity contribution in [2.45, 2.75) is 50.3 Å². The molecule has 2 nitrogen and oxygen atoms in total. The Balaban J connectivity index is 2.25. The standard InChI is InChI=1S/C13H21BrN2/c1-2-3-4-5-6-11(14)9-13-10-12(15)7-8-16-13/h7-8,10-11H,2-6,9H2,1H3,(H2,15,16)/t11-/m1/s1. The van der Waals surface area contributed by atoms with E-state index >= 15 is 0 Å². The second-order valence-corrected chi connectivity index (χ2v) is 5.53. The van der Waals surface area contributed by atoms with Crippen LogP contribution >= 0.6 is 15.9 Å². The first-order valence-corrected chi connectivity index (χ1v) is 6.98. The van der Waals surface area contributed by atoms with E-state index in [0.29, 0.717) is 4.83 Å². The monoisotopic (exact) mass is 284 g/mol. The first-order chi connectivity index (χ1) is 7.72. The summed E-state index contributed by atoms with van der Waals surface area (Å²) in [6.45, 7) is 2.24. The topological polar surface area (TPSA) is 38.9 Å². The highest BCUT2D eigenvalue weighted by atomic mass is 79.9. The minimum atomic E-state index is 0.527. The normalized spacial score (nSPS) is 12.6. The molecule has 2 N–H and O–H groups in total. The van der Waals surface area contributed by atoms with Gasteiger partial charge in [-0.1, -0.05) is 48.5 Å². The molecule has 3 heteroatoms. The summed E-state index contributed by atoms with van der Waals surface area (Å²) in [4.78, 5) is 4.84. The Morgan fingerprint density at radius 2 is 2.19 bits per heavy atom. The number of rotatable bonds is 7. The lowest BCUT2D eigenvalue weighted by atomic mass is 10.1. The van der Waals surface area contributed by atoms with Crippen LogP contribution in [-0.4, -0.2) is 9.81 Å². The van der Waals surface area contributed by atoms with Gasteiger partial charge in [-0.25, -0.2) is 0 Å². The Morgan fingerprint density at radius 1 is 1.38 bits per heavy atom. The summed E-state index contributed by atoms with van der Waals surface area (Å²) in [7, 11) is 0. The summed E-state index contributed by atoms with van der Waals surface area (Å²) >= 11 is 3.71. The molecular formula is C13H21BrN2. The number of hydrogen-bond donors (Lipinski definition) is 1. The van der Waals surface area contributed by atoms with E-state index in [1.807, 2.05) is 12.1 Å². The smallest absolute Gasteiger partial charge is 0.0435 e. The number of unbranched alkanes of at least 4 members (excludes halogenated alkanes) is 3. The molecule has 0 fully saturated rings. The van der Waals surface area contributed by atoms with Gasteiger partial charge in [0.25, 0.3) is 0 Å². The van der Waals surface area contributed by atoms with E-state index in [1.165, 1.54) is 32.1 Å². The summed E-state index contributed by atoms with van der Waals surface area (Å²) in [6, 6.07) is 3.79. The molecule has 1 atom stereocenters. The Kier molecular flexibility index (Phi) is 6.46. The van der Waals surface area contributed by atoms with Crippen LogP contribution in [0.5, 0.6) is 0 Å². The van der Waals surface area contributed by atoms with Gasteiger partial charge in [-0.2, -0.15) is 0 Å². The number of nitrogens with two attached hydrogens (primary N) is 1. The first-order valence-electron chi connectivity index (χ1n) is 6.07. The predicted octanol–water partition coefficient (Wildman–Crippen LogP) is 3.94. The fourth-order valence-electron chi connectivity index (χ4n) is 1.73. The zero-order valence-corrected chi connectivity index (χ0v) is 11.5. The number of pyridine rings is 1. The largest absolute Gasteiger partial charge is 0.399 e. The van der Waals surface area contributed by atoms with Gasteiger partial charge >= 0.3 is 0 Å². The highest BCUT2D eigenvalue weighted by Crippen LogP contribution is 2.17. The molecule has 1 rings (SSSR count). The number of nitrogens with zero attached hydrogens (tertiary/aromatic N) is 1. The maximum absolute atomic E-state index is 5.72. The Hall–Kier alpha value is -0.570. The number of anilines is 1. The molecule has 0 aromatic carbocycles. The third-order valence-electron chi connectivity index (χ3n) is 2.64. The molecule has 16 heavy (non-hydrogen) atoms. The molecular weight excluding hydrogens is 264 g/mol. The van der Waals surface area contributed by atoms with E-state index in [1.54, 1.807) is 6.20 Å². The number of nitrogen functional groups attached to an aromatic ring is 1. The molecule has 0 aliphatic heterocycles. The van der Waals surface area contributed by atoms with Crippen molar-refractivity contribution in [3.05, 3.63) is 24.0 Å². The molecule has 1 heterocycles. The van der Waals surface area contributed by atoms with Crippen LogP contribution in [0.25, 0.3) is 0 Å². The molecule has 0 bridgehead atoms. The SMILES string of the molecule is CCCCCC[C@@H](Br)Cc1cc(N)ccn1. The molecule has 0 aliphatic carbocycles. The molecule has 90 valence electrons. The van der Waals surface area contributed by atoms with Crippen molar-refractivity contribution >= 4 is 21.6 Å². The Bertz CT molecular complexity index is 302. The second-order valence-electron chi connectivity index (χ2n) is 4.23. The number of aromatic nitrogens is 1. The third kappa shape index (κ3) is 5.50. The van der Waals surface area contributed by atoms with Gasteiger partial charge in [0.2, 0.25) is 0 Å². The van der Waals surface area contributed by atoms with Crippen molar-refractivity contribution in [2.24, 2.45) is 0 Å². The van der Waals surface area contributed by atoms with E-state index in [-0.39, 0.29) is 0 Å². The van der Waals surface area contributed by atoms with Crippen molar-refractivity contribution < 1.29 is 0 Å². The molecule has 0 aliphatic rings. The van der Waals surface area contributed by atoms with Gasteiger partial charge < -0.3 is 5.73 Å². The number of halogens is 1. The summed E-state index contributed by atoms with van der Waals surface area (Å²) in [5.41, 5.74) is 7.60. The van der Waals surface area contributed by atoms with Crippen LogP contribution in [0, 0.1) is 0 Å². The zero-order valence-electron chi connectivity index (χ0n) is 9.95. The average molecular weight is 285 g/mol. The van der Waals surface area contributed by atoms with E-state index in [0.717, 1.165) is 17.8 Å². The Morgan fingerprint density at radius 3 is 2.88 bits per heavy atom. The van der Waals surface area contributed by atoms with Crippen molar-refractivity contribution in [1.82, 2.24) is 4.98 Å². The molecule has 0 spiro atoms. The highest BCUT2D eigenvalue weighted by molar-refractivity contribution is 9.09. The lowest BCUT2D eigenvalue weighted by molar-refractivity contribution is 0.617. The summed E-state index contributed by atoms with van der Waals surface area (Å²) in [5, 5.41) is 0.